The molecule has 0 radical (unpaired) electrons. The summed E-state index contributed by atoms with van der Waals surface area (Å²) in [5, 5.41) is 0. The van der Waals surface area contributed by atoms with E-state index < -0.39 is 17.5 Å². The molecule has 8 heteroatoms. The fourth-order valence-corrected chi connectivity index (χ4v) is 6.09. The van der Waals surface area contributed by atoms with Gasteiger partial charge < -0.3 is 14.5 Å². The fourth-order valence-electron chi connectivity index (χ4n) is 6.09. The number of alkyl halides is 3. The van der Waals surface area contributed by atoms with Crippen LogP contribution in [0.4, 0.5) is 18.9 Å². The van der Waals surface area contributed by atoms with Crippen molar-refractivity contribution >= 4 is 11.6 Å². The van der Waals surface area contributed by atoms with Crippen molar-refractivity contribution in [1.29, 1.82) is 0 Å². The Kier molecular flexibility index (Phi) is 5.96. The molecule has 0 saturated carbocycles. The van der Waals surface area contributed by atoms with Gasteiger partial charge in [0.1, 0.15) is 0 Å². The molecule has 3 aliphatic heterocycles. The zero-order valence-electron chi connectivity index (χ0n) is 20.3. The second-order valence-electron chi connectivity index (χ2n) is 9.84. The fraction of sp³-hybridized carbons (Fsp3) is 0.345. The summed E-state index contributed by atoms with van der Waals surface area (Å²) in [6.45, 7) is 4.32. The molecule has 5 nitrogen and oxygen atoms in total. The molecular formula is C29H28F3N3O2. The van der Waals surface area contributed by atoms with E-state index in [1.807, 2.05) is 64.4 Å². The van der Waals surface area contributed by atoms with E-state index in [0.29, 0.717) is 57.1 Å². The van der Waals surface area contributed by atoms with Crippen molar-refractivity contribution in [2.45, 2.75) is 17.8 Å². The molecule has 3 heterocycles. The Bertz CT molecular complexity index is 1290. The molecule has 3 aromatic rings. The van der Waals surface area contributed by atoms with Gasteiger partial charge in [-0.1, -0.05) is 54.6 Å². The van der Waals surface area contributed by atoms with E-state index in [9.17, 15) is 18.0 Å². The Morgan fingerprint density at radius 1 is 0.865 bits per heavy atom. The lowest BCUT2D eigenvalue weighted by Crippen LogP contribution is -2.57. The van der Waals surface area contributed by atoms with E-state index in [2.05, 4.69) is 4.90 Å². The average molecular weight is 508 g/mol. The molecule has 2 saturated heterocycles. The summed E-state index contributed by atoms with van der Waals surface area (Å²) in [4.78, 5) is 19.8. The maximum Gasteiger partial charge on any atom is 0.416 e. The molecule has 3 aromatic carbocycles. The molecule has 0 aromatic heterocycles. The van der Waals surface area contributed by atoms with E-state index in [1.165, 1.54) is 12.1 Å². The van der Waals surface area contributed by atoms with Gasteiger partial charge in [0.15, 0.2) is 5.72 Å². The van der Waals surface area contributed by atoms with Crippen molar-refractivity contribution in [1.82, 2.24) is 9.80 Å². The van der Waals surface area contributed by atoms with E-state index >= 15 is 0 Å². The van der Waals surface area contributed by atoms with Crippen molar-refractivity contribution < 1.29 is 22.7 Å². The third-order valence-corrected chi connectivity index (χ3v) is 7.86. The zero-order chi connectivity index (χ0) is 25.6. The maximum absolute atomic E-state index is 13.6. The number of hydrogen-bond acceptors (Lipinski definition) is 4. The van der Waals surface area contributed by atoms with Crippen LogP contribution in [-0.2, 0) is 16.6 Å². The van der Waals surface area contributed by atoms with Gasteiger partial charge in [-0.05, 0) is 29.8 Å². The van der Waals surface area contributed by atoms with Crippen LogP contribution in [0.2, 0.25) is 0 Å². The van der Waals surface area contributed by atoms with Gasteiger partial charge in [0.05, 0.1) is 18.1 Å². The van der Waals surface area contributed by atoms with Gasteiger partial charge >= 0.3 is 6.18 Å². The van der Waals surface area contributed by atoms with Crippen molar-refractivity contribution in [3.8, 4) is 0 Å². The van der Waals surface area contributed by atoms with Gasteiger partial charge in [0.25, 0.3) is 5.91 Å². The van der Waals surface area contributed by atoms with E-state index in [1.54, 1.807) is 6.07 Å². The molecular weight excluding hydrogens is 479 g/mol. The van der Waals surface area contributed by atoms with Crippen LogP contribution in [0.3, 0.4) is 0 Å². The zero-order valence-corrected chi connectivity index (χ0v) is 20.3. The first-order chi connectivity index (χ1) is 17.9. The first kappa shape index (κ1) is 24.0. The van der Waals surface area contributed by atoms with Crippen LogP contribution in [0.25, 0.3) is 0 Å². The largest absolute Gasteiger partial charge is 0.416 e. The normalized spacial score (nSPS) is 24.2. The summed E-state index contributed by atoms with van der Waals surface area (Å²) in [7, 11) is 0. The second kappa shape index (κ2) is 9.19. The minimum absolute atomic E-state index is 0.0115. The van der Waals surface area contributed by atoms with Gasteiger partial charge in [0, 0.05) is 56.1 Å². The van der Waals surface area contributed by atoms with Crippen LogP contribution >= 0.6 is 0 Å². The molecule has 6 rings (SSSR count). The standard InChI is InChI=1S/C29H28F3N3O2/c30-29(31,32)22-9-6-10-23(19-22)34-15-13-33(14-16-34)20-26-24-11-4-5-12-25(24)27(36)35-17-18-37-28(26,35)21-7-2-1-3-8-21/h1-12,19,26H,13-18,20H2/t26-,28-/m0/s1. The smallest absolute Gasteiger partial charge is 0.369 e. The lowest BCUT2D eigenvalue weighted by atomic mass is 9.76. The molecule has 3 aliphatic rings. The van der Waals surface area contributed by atoms with Gasteiger partial charge in [-0.2, -0.15) is 13.2 Å². The number of carbonyl (C=O) groups is 1. The Hall–Kier alpha value is -3.36. The Labute approximate surface area is 214 Å². The highest BCUT2D eigenvalue weighted by molar-refractivity contribution is 5.98. The number of hydrogen-bond donors (Lipinski definition) is 0. The Balaban J connectivity index is 1.28. The first-order valence-electron chi connectivity index (χ1n) is 12.6. The molecule has 37 heavy (non-hydrogen) atoms. The SMILES string of the molecule is O=C1c2ccccc2[C@H](CN2CCN(c3cccc(C(F)(F)F)c3)CC2)[C@]2(c3ccccc3)OCCN12. The summed E-state index contributed by atoms with van der Waals surface area (Å²) in [6, 6.07) is 23.3. The Morgan fingerprint density at radius 3 is 2.35 bits per heavy atom. The molecule has 192 valence electrons. The summed E-state index contributed by atoms with van der Waals surface area (Å²) >= 11 is 0. The van der Waals surface area contributed by atoms with E-state index in [-0.39, 0.29) is 11.8 Å². The minimum Gasteiger partial charge on any atom is -0.369 e. The van der Waals surface area contributed by atoms with Crippen LogP contribution in [0.15, 0.2) is 78.9 Å². The van der Waals surface area contributed by atoms with Gasteiger partial charge in [-0.15, -0.1) is 0 Å². The van der Waals surface area contributed by atoms with Crippen LogP contribution in [0.5, 0.6) is 0 Å². The highest BCUT2D eigenvalue weighted by atomic mass is 19.4. The number of carbonyl (C=O) groups excluding carboxylic acids is 1. The molecule has 2 atom stereocenters. The Morgan fingerprint density at radius 2 is 1.59 bits per heavy atom. The molecule has 0 bridgehead atoms. The number of fused-ring (bicyclic) bond motifs is 2. The topological polar surface area (TPSA) is 36.0 Å². The van der Waals surface area contributed by atoms with Crippen molar-refractivity contribution in [2.75, 3.05) is 50.8 Å². The molecule has 0 unspecified atom stereocenters. The van der Waals surface area contributed by atoms with Crippen LogP contribution < -0.4 is 4.90 Å². The average Bonchev–Trinajstić information content (AvgIpc) is 3.38. The molecule has 0 N–H and O–H groups in total. The molecule has 1 amide bonds. The first-order valence-corrected chi connectivity index (χ1v) is 12.6. The lowest BCUT2D eigenvalue weighted by molar-refractivity contribution is -0.137. The molecule has 2 fully saturated rings. The number of amides is 1. The quantitative estimate of drug-likeness (QED) is 0.501. The number of benzene rings is 3. The highest BCUT2D eigenvalue weighted by Gasteiger charge is 2.57. The van der Waals surface area contributed by atoms with Gasteiger partial charge in [-0.25, -0.2) is 0 Å². The van der Waals surface area contributed by atoms with Gasteiger partial charge in [-0.3, -0.25) is 9.69 Å². The maximum atomic E-state index is 13.6. The number of piperazine rings is 1. The second-order valence-corrected chi connectivity index (χ2v) is 9.84. The summed E-state index contributed by atoms with van der Waals surface area (Å²) < 4.78 is 46.2. The number of rotatable bonds is 4. The third kappa shape index (κ3) is 4.08. The summed E-state index contributed by atoms with van der Waals surface area (Å²) in [6.07, 6.45) is -4.36. The predicted molar refractivity (Wildman–Crippen MR) is 134 cm³/mol. The summed E-state index contributed by atoms with van der Waals surface area (Å²) in [5.74, 6) is -0.117. The monoisotopic (exact) mass is 507 g/mol. The van der Waals surface area contributed by atoms with Crippen molar-refractivity contribution in [3.05, 3.63) is 101 Å². The number of nitrogens with zero attached hydrogens (tertiary/aromatic N) is 3. The van der Waals surface area contributed by atoms with Gasteiger partial charge in [0.2, 0.25) is 0 Å². The minimum atomic E-state index is -4.36. The molecule has 0 spiro atoms. The number of anilines is 1. The van der Waals surface area contributed by atoms with E-state index in [4.69, 9.17) is 4.74 Å². The lowest BCUT2D eigenvalue weighted by Gasteiger charge is -2.49. The summed E-state index contributed by atoms with van der Waals surface area (Å²) in [5.41, 5.74) is 1.74. The molecule has 0 aliphatic carbocycles. The van der Waals surface area contributed by atoms with Crippen LogP contribution in [-0.4, -0.2) is 61.6 Å². The highest BCUT2D eigenvalue weighted by Crippen LogP contribution is 2.51. The number of halogens is 3. The van der Waals surface area contributed by atoms with Crippen molar-refractivity contribution in [2.24, 2.45) is 0 Å². The van der Waals surface area contributed by atoms with E-state index in [0.717, 1.165) is 17.2 Å². The third-order valence-electron chi connectivity index (χ3n) is 7.86. The van der Waals surface area contributed by atoms with Crippen molar-refractivity contribution in [3.63, 3.8) is 0 Å². The number of ether oxygens (including phenoxy) is 1. The van der Waals surface area contributed by atoms with Crippen LogP contribution in [0.1, 0.15) is 33.0 Å². The van der Waals surface area contributed by atoms with Crippen LogP contribution in [0, 0.1) is 0 Å². The predicted octanol–water partition coefficient (Wildman–Crippen LogP) is 4.95.